The van der Waals surface area contributed by atoms with Crippen molar-refractivity contribution in [2.75, 3.05) is 23.7 Å². The van der Waals surface area contributed by atoms with Crippen LogP contribution in [0.25, 0.3) is 0 Å². The molecule has 0 heterocycles. The van der Waals surface area contributed by atoms with Crippen molar-refractivity contribution in [2.24, 2.45) is 5.92 Å². The zero-order valence-electron chi connectivity index (χ0n) is 23.4. The minimum absolute atomic E-state index is 0.136. The van der Waals surface area contributed by atoms with Gasteiger partial charge in [-0.2, -0.15) is 0 Å². The van der Waals surface area contributed by atoms with Crippen molar-refractivity contribution in [1.29, 1.82) is 0 Å². The average Bonchev–Trinajstić information content (AvgIpc) is 2.82. The second-order valence-corrected chi connectivity index (χ2v) is 12.1. The van der Waals surface area contributed by atoms with E-state index in [1.807, 2.05) is 77.9 Å². The van der Waals surface area contributed by atoms with Crippen molar-refractivity contribution in [3.63, 3.8) is 0 Å². The quantitative estimate of drug-likeness (QED) is 0.406. The van der Waals surface area contributed by atoms with Crippen LogP contribution < -0.4 is 9.62 Å². The van der Waals surface area contributed by atoms with E-state index in [2.05, 4.69) is 5.32 Å². The first-order chi connectivity index (χ1) is 17.3. The number of amides is 2. The van der Waals surface area contributed by atoms with Crippen LogP contribution in [0.4, 0.5) is 5.69 Å². The third-order valence-corrected chi connectivity index (χ3v) is 7.72. The first kappa shape index (κ1) is 30.4. The molecule has 0 aliphatic heterocycles. The Labute approximate surface area is 223 Å². The molecule has 1 N–H and O–H groups in total. The van der Waals surface area contributed by atoms with Gasteiger partial charge in [0.2, 0.25) is 21.8 Å². The van der Waals surface area contributed by atoms with E-state index in [1.165, 1.54) is 10.6 Å². The highest BCUT2D eigenvalue weighted by Gasteiger charge is 2.29. The summed E-state index contributed by atoms with van der Waals surface area (Å²) >= 11 is 0. The number of sulfonamides is 1. The lowest BCUT2D eigenvalue weighted by Gasteiger charge is -2.31. The molecule has 0 aromatic heterocycles. The summed E-state index contributed by atoms with van der Waals surface area (Å²) in [6.45, 7) is 12.9. The molecule has 0 fully saturated rings. The van der Waals surface area contributed by atoms with Crippen LogP contribution in [-0.4, -0.2) is 50.5 Å². The zero-order valence-corrected chi connectivity index (χ0v) is 24.2. The van der Waals surface area contributed by atoms with Gasteiger partial charge in [0, 0.05) is 26.1 Å². The Morgan fingerprint density at radius 2 is 1.65 bits per heavy atom. The third kappa shape index (κ3) is 8.88. The van der Waals surface area contributed by atoms with Gasteiger partial charge in [0.15, 0.2) is 0 Å². The molecule has 204 valence electrons. The van der Waals surface area contributed by atoms with Gasteiger partial charge in [-0.1, -0.05) is 62.7 Å². The van der Waals surface area contributed by atoms with Crippen LogP contribution in [0.1, 0.15) is 62.3 Å². The molecule has 2 amide bonds. The molecule has 0 radical (unpaired) electrons. The summed E-state index contributed by atoms with van der Waals surface area (Å²) < 4.78 is 26.6. The molecule has 0 unspecified atom stereocenters. The van der Waals surface area contributed by atoms with Crippen LogP contribution in [0.5, 0.6) is 0 Å². The number of hydrogen-bond donors (Lipinski definition) is 1. The second-order valence-electron chi connectivity index (χ2n) is 10.2. The Morgan fingerprint density at radius 1 is 1.00 bits per heavy atom. The normalized spacial score (nSPS) is 12.3. The number of nitrogens with zero attached hydrogens (tertiary/aromatic N) is 2. The van der Waals surface area contributed by atoms with Gasteiger partial charge in [-0.15, -0.1) is 0 Å². The van der Waals surface area contributed by atoms with Crippen molar-refractivity contribution in [3.05, 3.63) is 64.7 Å². The lowest BCUT2D eigenvalue weighted by molar-refractivity contribution is -0.141. The fourth-order valence-corrected chi connectivity index (χ4v) is 5.24. The highest BCUT2D eigenvalue weighted by atomic mass is 32.2. The van der Waals surface area contributed by atoms with E-state index in [0.717, 1.165) is 22.3 Å². The van der Waals surface area contributed by atoms with Crippen LogP contribution in [0, 0.1) is 26.7 Å². The Morgan fingerprint density at radius 3 is 2.22 bits per heavy atom. The van der Waals surface area contributed by atoms with Crippen LogP contribution in [-0.2, 0) is 26.2 Å². The molecule has 0 aliphatic carbocycles. The molecule has 1 atom stereocenters. The molecule has 0 aliphatic rings. The number of hydrogen-bond acceptors (Lipinski definition) is 4. The minimum atomic E-state index is -3.53. The van der Waals surface area contributed by atoms with E-state index in [9.17, 15) is 18.0 Å². The van der Waals surface area contributed by atoms with Crippen LogP contribution in [0.2, 0.25) is 0 Å². The van der Waals surface area contributed by atoms with E-state index >= 15 is 0 Å². The van der Waals surface area contributed by atoms with E-state index in [0.29, 0.717) is 37.5 Å². The lowest BCUT2D eigenvalue weighted by Crippen LogP contribution is -2.49. The van der Waals surface area contributed by atoms with Gasteiger partial charge in [-0.25, -0.2) is 8.42 Å². The summed E-state index contributed by atoms with van der Waals surface area (Å²) in [6, 6.07) is 12.9. The largest absolute Gasteiger partial charge is 0.354 e. The monoisotopic (exact) mass is 529 g/mol. The van der Waals surface area contributed by atoms with Gasteiger partial charge in [0.1, 0.15) is 6.04 Å². The summed E-state index contributed by atoms with van der Waals surface area (Å²) in [5.74, 6) is -0.0268. The highest BCUT2D eigenvalue weighted by Crippen LogP contribution is 2.25. The predicted octanol–water partition coefficient (Wildman–Crippen LogP) is 4.74. The molecular weight excluding hydrogens is 486 g/mol. The van der Waals surface area contributed by atoms with Gasteiger partial charge in [0.05, 0.1) is 11.9 Å². The number of carbonyl (C=O) groups is 2. The molecule has 0 bridgehead atoms. The van der Waals surface area contributed by atoms with Gasteiger partial charge >= 0.3 is 0 Å². The predicted molar refractivity (Wildman–Crippen MR) is 151 cm³/mol. The summed E-state index contributed by atoms with van der Waals surface area (Å²) in [6.07, 6.45) is 2.15. The molecule has 2 aromatic rings. The van der Waals surface area contributed by atoms with Crippen LogP contribution in [0.3, 0.4) is 0 Å². The molecule has 2 aromatic carbocycles. The number of anilines is 1. The molecular formula is C29H43N3O4S. The van der Waals surface area contributed by atoms with Crippen molar-refractivity contribution < 1.29 is 18.0 Å². The standard InChI is InChI=1S/C29H43N3O4S/c1-8-26(29(34)30-19-21(2)3)31(20-25-16-14-22(4)15-17-25)28(33)13-10-18-32(37(7,35)36)27-12-9-11-23(5)24(27)6/h9,11-12,14-17,21,26H,8,10,13,18-20H2,1-7H3,(H,30,34)/t26-/m0/s1. The number of carbonyl (C=O) groups excluding carboxylic acids is 2. The summed E-state index contributed by atoms with van der Waals surface area (Å²) in [7, 11) is -3.53. The Bertz CT molecular complexity index is 1160. The first-order valence-corrected chi connectivity index (χ1v) is 14.9. The maximum atomic E-state index is 13.5. The fourth-order valence-electron chi connectivity index (χ4n) is 4.22. The summed E-state index contributed by atoms with van der Waals surface area (Å²) in [5.41, 5.74) is 4.60. The van der Waals surface area contributed by atoms with Gasteiger partial charge in [-0.05, 0) is 62.3 Å². The zero-order chi connectivity index (χ0) is 27.8. The van der Waals surface area contributed by atoms with Gasteiger partial charge in [-0.3, -0.25) is 13.9 Å². The molecule has 2 rings (SSSR count). The molecule has 0 saturated heterocycles. The number of aryl methyl sites for hydroxylation is 2. The van der Waals surface area contributed by atoms with E-state index in [-0.39, 0.29) is 24.8 Å². The topological polar surface area (TPSA) is 86.8 Å². The fraction of sp³-hybridized carbons (Fsp3) is 0.517. The Hall–Kier alpha value is -2.87. The van der Waals surface area contributed by atoms with Gasteiger partial charge < -0.3 is 10.2 Å². The van der Waals surface area contributed by atoms with Crippen LogP contribution >= 0.6 is 0 Å². The SMILES string of the molecule is CC[C@@H](C(=O)NCC(C)C)N(Cc1ccc(C)cc1)C(=O)CCCN(c1cccc(C)c1C)S(C)(=O)=O. The Kier molecular flexibility index (Phi) is 11.2. The molecule has 7 nitrogen and oxygen atoms in total. The van der Waals surface area contributed by atoms with Crippen molar-refractivity contribution in [2.45, 2.75) is 73.4 Å². The van der Waals surface area contributed by atoms with E-state index in [4.69, 9.17) is 0 Å². The van der Waals surface area contributed by atoms with Crippen molar-refractivity contribution in [1.82, 2.24) is 10.2 Å². The molecule has 0 spiro atoms. The maximum absolute atomic E-state index is 13.5. The number of nitrogens with one attached hydrogen (secondary N) is 1. The highest BCUT2D eigenvalue weighted by molar-refractivity contribution is 7.92. The second kappa shape index (κ2) is 13.6. The Balaban J connectivity index is 2.24. The lowest BCUT2D eigenvalue weighted by atomic mass is 10.1. The number of rotatable bonds is 13. The smallest absolute Gasteiger partial charge is 0.242 e. The molecule has 8 heteroatoms. The maximum Gasteiger partial charge on any atom is 0.242 e. The van der Waals surface area contributed by atoms with E-state index < -0.39 is 16.1 Å². The first-order valence-electron chi connectivity index (χ1n) is 13.0. The molecule has 37 heavy (non-hydrogen) atoms. The summed E-state index contributed by atoms with van der Waals surface area (Å²) in [4.78, 5) is 28.2. The van der Waals surface area contributed by atoms with Crippen LogP contribution in [0.15, 0.2) is 42.5 Å². The average molecular weight is 530 g/mol. The van der Waals surface area contributed by atoms with E-state index in [1.54, 1.807) is 11.0 Å². The van der Waals surface area contributed by atoms with Gasteiger partial charge in [0.25, 0.3) is 0 Å². The molecule has 0 saturated carbocycles. The van der Waals surface area contributed by atoms with Crippen molar-refractivity contribution >= 4 is 27.5 Å². The van der Waals surface area contributed by atoms with Crippen molar-refractivity contribution in [3.8, 4) is 0 Å². The third-order valence-electron chi connectivity index (χ3n) is 6.54. The minimum Gasteiger partial charge on any atom is -0.354 e. The summed E-state index contributed by atoms with van der Waals surface area (Å²) in [5, 5.41) is 2.97. The number of benzene rings is 2.